The number of carbonyl (C=O) groups excluding carboxylic acids is 2. The lowest BCUT2D eigenvalue weighted by Crippen LogP contribution is -2.43. The van der Waals surface area contributed by atoms with Gasteiger partial charge in [-0.2, -0.15) is 0 Å². The molecular weight excluding hydrogens is 414 g/mol. The summed E-state index contributed by atoms with van der Waals surface area (Å²) < 4.78 is 5.88. The lowest BCUT2D eigenvalue weighted by atomic mass is 9.68. The fraction of sp³-hybridized carbons (Fsp3) is 0.318. The number of amides is 3. The summed E-state index contributed by atoms with van der Waals surface area (Å²) in [6.07, 6.45) is 8.61. The maximum Gasteiger partial charge on any atom is 0.329 e. The van der Waals surface area contributed by atoms with E-state index in [1.807, 2.05) is 13.0 Å². The zero-order valence-corrected chi connectivity index (χ0v) is 17.8. The highest BCUT2D eigenvalue weighted by atomic mass is 32.1. The minimum Gasteiger partial charge on any atom is -0.456 e. The Kier molecular flexibility index (Phi) is 4.90. The van der Waals surface area contributed by atoms with Gasteiger partial charge in [0.25, 0.3) is 0 Å². The SMILES string of the molecule is Cc1ncc(-c2cc(Oc3ccc(NC(=O)N4CCC5(CCC5)C4=O)nc3)ccn2)s1. The molecule has 0 atom stereocenters. The molecule has 1 N–H and O–H groups in total. The second kappa shape index (κ2) is 7.73. The molecule has 0 radical (unpaired) electrons. The van der Waals surface area contributed by atoms with E-state index in [1.54, 1.807) is 41.9 Å². The number of anilines is 1. The van der Waals surface area contributed by atoms with Gasteiger partial charge in [-0.25, -0.2) is 14.8 Å². The number of imide groups is 1. The van der Waals surface area contributed by atoms with Crippen molar-refractivity contribution in [2.45, 2.75) is 32.6 Å². The molecule has 5 rings (SSSR count). The van der Waals surface area contributed by atoms with Gasteiger partial charge >= 0.3 is 6.03 Å². The molecule has 2 aliphatic rings. The molecular formula is C22H21N5O3S. The first kappa shape index (κ1) is 19.6. The highest BCUT2D eigenvalue weighted by Crippen LogP contribution is 2.49. The number of hydrogen-bond donors (Lipinski definition) is 1. The third-order valence-corrected chi connectivity index (χ3v) is 6.82. The first-order valence-electron chi connectivity index (χ1n) is 10.2. The number of nitrogens with zero attached hydrogens (tertiary/aromatic N) is 4. The number of carbonyl (C=O) groups is 2. The highest BCUT2D eigenvalue weighted by molar-refractivity contribution is 7.15. The van der Waals surface area contributed by atoms with E-state index in [2.05, 4.69) is 20.3 Å². The van der Waals surface area contributed by atoms with Crippen molar-refractivity contribution < 1.29 is 14.3 Å². The molecule has 0 bridgehead atoms. The van der Waals surface area contributed by atoms with Crippen LogP contribution in [-0.2, 0) is 4.79 Å². The number of rotatable bonds is 4. The number of urea groups is 1. The van der Waals surface area contributed by atoms with Gasteiger partial charge in [0.15, 0.2) is 0 Å². The van der Waals surface area contributed by atoms with Gasteiger partial charge in [-0.15, -0.1) is 11.3 Å². The number of thiazole rings is 1. The van der Waals surface area contributed by atoms with Gasteiger partial charge in [0.2, 0.25) is 5.91 Å². The van der Waals surface area contributed by atoms with E-state index >= 15 is 0 Å². The largest absolute Gasteiger partial charge is 0.456 e. The summed E-state index contributed by atoms with van der Waals surface area (Å²) in [5, 5.41) is 3.68. The van der Waals surface area contributed by atoms with Crippen LogP contribution in [0.15, 0.2) is 42.9 Å². The van der Waals surface area contributed by atoms with Crippen LogP contribution in [0.2, 0.25) is 0 Å². The topological polar surface area (TPSA) is 97.3 Å². The van der Waals surface area contributed by atoms with Crippen molar-refractivity contribution in [2.24, 2.45) is 5.41 Å². The van der Waals surface area contributed by atoms with E-state index in [0.29, 0.717) is 23.9 Å². The van der Waals surface area contributed by atoms with Gasteiger partial charge in [-0.05, 0) is 44.4 Å². The van der Waals surface area contributed by atoms with Crippen molar-refractivity contribution in [3.63, 3.8) is 0 Å². The Morgan fingerprint density at radius 3 is 2.65 bits per heavy atom. The van der Waals surface area contributed by atoms with Gasteiger partial charge in [0.05, 0.1) is 27.2 Å². The van der Waals surface area contributed by atoms with Crippen LogP contribution in [0.25, 0.3) is 10.6 Å². The smallest absolute Gasteiger partial charge is 0.329 e. The Morgan fingerprint density at radius 1 is 1.13 bits per heavy atom. The maximum atomic E-state index is 12.5. The van der Waals surface area contributed by atoms with Gasteiger partial charge in [-0.1, -0.05) is 6.42 Å². The van der Waals surface area contributed by atoms with Crippen molar-refractivity contribution in [2.75, 3.05) is 11.9 Å². The molecule has 31 heavy (non-hydrogen) atoms. The molecule has 2 fully saturated rings. The lowest BCUT2D eigenvalue weighted by molar-refractivity contribution is -0.137. The minimum absolute atomic E-state index is 0.0548. The molecule has 3 aromatic rings. The Morgan fingerprint density at radius 2 is 2.00 bits per heavy atom. The fourth-order valence-corrected chi connectivity index (χ4v) is 4.74. The van der Waals surface area contributed by atoms with Crippen LogP contribution in [-0.4, -0.2) is 38.3 Å². The van der Waals surface area contributed by atoms with Crippen LogP contribution in [0.1, 0.15) is 30.7 Å². The van der Waals surface area contributed by atoms with Crippen LogP contribution in [0.4, 0.5) is 10.6 Å². The van der Waals surface area contributed by atoms with Gasteiger partial charge in [-0.3, -0.25) is 20.0 Å². The lowest BCUT2D eigenvalue weighted by Gasteiger charge is -2.35. The summed E-state index contributed by atoms with van der Waals surface area (Å²) in [4.78, 5) is 40.2. The van der Waals surface area contributed by atoms with Crippen molar-refractivity contribution in [3.05, 3.63) is 47.9 Å². The number of hydrogen-bond acceptors (Lipinski definition) is 7. The van der Waals surface area contributed by atoms with E-state index in [0.717, 1.165) is 41.3 Å². The highest BCUT2D eigenvalue weighted by Gasteiger charge is 2.52. The second-order valence-corrected chi connectivity index (χ2v) is 9.11. The predicted octanol–water partition coefficient (Wildman–Crippen LogP) is 4.64. The summed E-state index contributed by atoms with van der Waals surface area (Å²) in [6.45, 7) is 2.42. The van der Waals surface area contributed by atoms with Crippen molar-refractivity contribution in [3.8, 4) is 22.1 Å². The second-order valence-electron chi connectivity index (χ2n) is 7.87. The zero-order valence-electron chi connectivity index (χ0n) is 17.0. The Bertz CT molecular complexity index is 1140. The average Bonchev–Trinajstić information content (AvgIpc) is 3.33. The summed E-state index contributed by atoms with van der Waals surface area (Å²) in [5.74, 6) is 1.47. The normalized spacial score (nSPS) is 16.9. The molecule has 3 amide bonds. The van der Waals surface area contributed by atoms with E-state index in [4.69, 9.17) is 4.74 Å². The molecule has 9 heteroatoms. The first-order valence-corrected chi connectivity index (χ1v) is 11.0. The monoisotopic (exact) mass is 435 g/mol. The maximum absolute atomic E-state index is 12.5. The summed E-state index contributed by atoms with van der Waals surface area (Å²) in [6, 6.07) is 6.56. The average molecular weight is 436 g/mol. The van der Waals surface area contributed by atoms with Crippen LogP contribution in [0, 0.1) is 12.3 Å². The Labute approximate surface area is 183 Å². The number of aryl methyl sites for hydroxylation is 1. The van der Waals surface area contributed by atoms with Crippen molar-refractivity contribution >= 4 is 29.1 Å². The van der Waals surface area contributed by atoms with E-state index in [1.165, 1.54) is 11.1 Å². The van der Waals surface area contributed by atoms with Crippen LogP contribution >= 0.6 is 11.3 Å². The third-order valence-electron chi connectivity index (χ3n) is 5.88. The fourth-order valence-electron chi connectivity index (χ4n) is 4.00. The quantitative estimate of drug-likeness (QED) is 0.641. The molecule has 1 saturated heterocycles. The summed E-state index contributed by atoms with van der Waals surface area (Å²) in [7, 11) is 0. The van der Waals surface area contributed by atoms with Gasteiger partial charge in [0, 0.05) is 25.0 Å². The molecule has 0 unspecified atom stereocenters. The number of likely N-dealkylation sites (tertiary alicyclic amines) is 1. The Hall–Kier alpha value is -3.33. The molecule has 0 aromatic carbocycles. The van der Waals surface area contributed by atoms with E-state index in [9.17, 15) is 9.59 Å². The number of ether oxygens (including phenoxy) is 1. The summed E-state index contributed by atoms with van der Waals surface area (Å²) >= 11 is 1.57. The number of nitrogens with one attached hydrogen (secondary N) is 1. The van der Waals surface area contributed by atoms with Gasteiger partial charge in [0.1, 0.15) is 17.3 Å². The molecule has 158 valence electrons. The molecule has 1 saturated carbocycles. The zero-order chi connectivity index (χ0) is 21.4. The predicted molar refractivity (Wildman–Crippen MR) is 116 cm³/mol. The van der Waals surface area contributed by atoms with E-state index in [-0.39, 0.29) is 11.3 Å². The van der Waals surface area contributed by atoms with E-state index < -0.39 is 6.03 Å². The molecule has 1 aliphatic carbocycles. The molecule has 1 spiro atoms. The molecule has 1 aliphatic heterocycles. The number of aromatic nitrogens is 3. The molecule has 8 nitrogen and oxygen atoms in total. The summed E-state index contributed by atoms with van der Waals surface area (Å²) in [5.41, 5.74) is 0.503. The minimum atomic E-state index is -0.423. The third kappa shape index (κ3) is 3.76. The molecule has 4 heterocycles. The Balaban J connectivity index is 1.23. The van der Waals surface area contributed by atoms with Crippen molar-refractivity contribution in [1.29, 1.82) is 0 Å². The molecule has 3 aromatic heterocycles. The van der Waals surface area contributed by atoms with Crippen LogP contribution in [0.5, 0.6) is 11.5 Å². The van der Waals surface area contributed by atoms with Crippen LogP contribution in [0.3, 0.4) is 0 Å². The first-order chi connectivity index (χ1) is 15.0. The van der Waals surface area contributed by atoms with Gasteiger partial charge < -0.3 is 4.74 Å². The standard InChI is InChI=1S/C22H21N5O3S/c1-14-24-13-18(31-14)17-11-15(5-9-23-17)30-16-3-4-19(25-12-16)26-21(29)27-10-8-22(20(27)28)6-2-7-22/h3-5,9,11-13H,2,6-8,10H2,1H3,(H,25,26,29). The van der Waals surface area contributed by atoms with Crippen LogP contribution < -0.4 is 10.1 Å². The number of pyridine rings is 2. The van der Waals surface area contributed by atoms with Crippen molar-refractivity contribution in [1.82, 2.24) is 19.9 Å².